The molecule has 3 aromatic heterocycles. The third kappa shape index (κ3) is 3.92. The molecule has 15 rings (SSSR count). The minimum Gasteiger partial charge on any atom is -0.455 e. The van der Waals surface area contributed by atoms with E-state index >= 15 is 0 Å². The summed E-state index contributed by atoms with van der Waals surface area (Å²) in [7, 11) is 0. The van der Waals surface area contributed by atoms with Crippen molar-refractivity contribution >= 4 is 43.7 Å². The summed E-state index contributed by atoms with van der Waals surface area (Å²) in [5, 5.41) is 4.70. The Morgan fingerprint density at radius 2 is 1.04 bits per heavy atom. The van der Waals surface area contributed by atoms with Gasteiger partial charge in [0, 0.05) is 32.6 Å². The van der Waals surface area contributed by atoms with Gasteiger partial charge in [0.05, 0.1) is 22.1 Å². The summed E-state index contributed by atoms with van der Waals surface area (Å²) in [6.07, 6.45) is 16.2. The average molecular weight is 681 g/mol. The minimum atomic E-state index is 0.109. The lowest BCUT2D eigenvalue weighted by atomic mass is 9.49. The van der Waals surface area contributed by atoms with Crippen LogP contribution in [0.5, 0.6) is 0 Å². The maximum atomic E-state index is 6.66. The molecule has 0 N–H and O–H groups in total. The number of furan rings is 1. The average Bonchev–Trinajstić information content (AvgIpc) is 3.69. The molecule has 0 radical (unpaired) electrons. The fourth-order valence-electron chi connectivity index (χ4n) is 14.1. The van der Waals surface area contributed by atoms with Gasteiger partial charge in [-0.2, -0.15) is 0 Å². The number of benzene rings is 4. The van der Waals surface area contributed by atoms with E-state index in [1.807, 2.05) is 0 Å². The molecule has 0 amide bonds. The molecule has 8 fully saturated rings. The number of fused-ring (bicyclic) bond motifs is 7. The van der Waals surface area contributed by atoms with Crippen molar-refractivity contribution < 1.29 is 4.42 Å². The zero-order valence-electron chi connectivity index (χ0n) is 29.7. The van der Waals surface area contributed by atoms with Crippen LogP contribution in [0.3, 0.4) is 0 Å². The predicted molar refractivity (Wildman–Crippen MR) is 207 cm³/mol. The van der Waals surface area contributed by atoms with Crippen molar-refractivity contribution in [2.24, 2.45) is 35.5 Å². The first-order valence-electron chi connectivity index (χ1n) is 20.3. The molecule has 8 aliphatic carbocycles. The van der Waals surface area contributed by atoms with Gasteiger partial charge in [0.1, 0.15) is 22.8 Å². The molecular weight excluding hydrogens is 637 g/mol. The van der Waals surface area contributed by atoms with Crippen molar-refractivity contribution in [1.82, 2.24) is 19.5 Å². The van der Waals surface area contributed by atoms with Crippen LogP contribution in [0.1, 0.15) is 88.7 Å². The Hall–Kier alpha value is -4.51. The highest BCUT2D eigenvalue weighted by Crippen LogP contribution is 2.62. The van der Waals surface area contributed by atoms with Crippen LogP contribution in [-0.2, 0) is 10.8 Å². The van der Waals surface area contributed by atoms with Crippen LogP contribution >= 0.6 is 0 Å². The van der Waals surface area contributed by atoms with Crippen molar-refractivity contribution in [2.45, 2.75) is 87.9 Å². The fourth-order valence-corrected chi connectivity index (χ4v) is 14.1. The number of hydrogen-bond donors (Lipinski definition) is 0. The quantitative estimate of drug-likeness (QED) is 0.186. The smallest absolute Gasteiger partial charge is 0.165 e. The Morgan fingerprint density at radius 3 is 1.67 bits per heavy atom. The number of hydrogen-bond acceptors (Lipinski definition) is 4. The number of para-hydroxylation sites is 3. The molecule has 0 atom stereocenters. The predicted octanol–water partition coefficient (Wildman–Crippen LogP) is 11.5. The molecule has 8 aliphatic rings. The third-order valence-electron chi connectivity index (χ3n) is 15.2. The second-order valence-electron chi connectivity index (χ2n) is 18.5. The van der Waals surface area contributed by atoms with E-state index in [-0.39, 0.29) is 10.8 Å². The van der Waals surface area contributed by atoms with E-state index in [2.05, 4.69) is 89.5 Å². The van der Waals surface area contributed by atoms with Gasteiger partial charge in [0.15, 0.2) is 5.82 Å². The summed E-state index contributed by atoms with van der Waals surface area (Å²) < 4.78 is 9.11. The molecule has 0 saturated heterocycles. The Bertz CT molecular complexity index is 2490. The zero-order valence-corrected chi connectivity index (χ0v) is 29.7. The van der Waals surface area contributed by atoms with Crippen LogP contribution in [0.25, 0.3) is 60.8 Å². The van der Waals surface area contributed by atoms with Gasteiger partial charge in [-0.3, -0.25) is 0 Å². The Balaban J connectivity index is 1.05. The molecule has 8 saturated carbocycles. The molecule has 8 bridgehead atoms. The highest BCUT2D eigenvalue weighted by atomic mass is 16.3. The van der Waals surface area contributed by atoms with E-state index in [4.69, 9.17) is 19.4 Å². The van der Waals surface area contributed by atoms with Crippen molar-refractivity contribution in [3.05, 3.63) is 96.6 Å². The molecule has 5 heteroatoms. The van der Waals surface area contributed by atoms with Gasteiger partial charge in [-0.05, 0) is 149 Å². The summed E-state index contributed by atoms with van der Waals surface area (Å²) in [4.78, 5) is 17.1. The van der Waals surface area contributed by atoms with Gasteiger partial charge < -0.3 is 8.98 Å². The minimum absolute atomic E-state index is 0.109. The van der Waals surface area contributed by atoms with Gasteiger partial charge in [0.25, 0.3) is 0 Å². The van der Waals surface area contributed by atoms with E-state index in [0.717, 1.165) is 91.7 Å². The summed E-state index contributed by atoms with van der Waals surface area (Å²) in [6, 6.07) is 30.7. The molecule has 0 unspecified atom stereocenters. The number of rotatable bonds is 4. The van der Waals surface area contributed by atoms with Gasteiger partial charge in [0.2, 0.25) is 0 Å². The second-order valence-corrected chi connectivity index (χ2v) is 18.5. The van der Waals surface area contributed by atoms with Gasteiger partial charge >= 0.3 is 0 Å². The first kappa shape index (κ1) is 29.0. The first-order valence-corrected chi connectivity index (χ1v) is 20.3. The SMILES string of the molecule is c1ccc(-n2c3ccccc3c3c4oc5ccccc5c4ccc32)c(-c2nc(C34CC5CC(CC(C5)C3)C4)nc(C34CC5CC(CC(C5)C3)C4)n2)c1. The normalized spacial score (nSPS) is 33.0. The molecule has 0 spiro atoms. The van der Waals surface area contributed by atoms with E-state index in [1.165, 1.54) is 93.3 Å². The number of aromatic nitrogens is 4. The Morgan fingerprint density at radius 1 is 0.500 bits per heavy atom. The summed E-state index contributed by atoms with van der Waals surface area (Å²) in [5.74, 6) is 8.22. The van der Waals surface area contributed by atoms with Crippen LogP contribution in [-0.4, -0.2) is 19.5 Å². The molecule has 0 aliphatic heterocycles. The van der Waals surface area contributed by atoms with E-state index in [1.54, 1.807) is 0 Å². The monoisotopic (exact) mass is 680 g/mol. The lowest BCUT2D eigenvalue weighted by Gasteiger charge is -2.57. The standard InChI is InChI=1S/C47H44N4O/c1-4-10-37-35(8-1)41-39(14-13-34-33-7-3-6-12-40(33)52-42(34)41)51(37)38-11-5-2-9-36(38)43-48-44(46-21-27-15-28(22-46)17-29(16-27)23-46)50-45(49-43)47-24-30-18-31(25-47)20-32(19-30)26-47/h1-14,27-32H,15-26H2. The Kier molecular flexibility index (Phi) is 5.65. The van der Waals surface area contributed by atoms with E-state index < -0.39 is 0 Å². The molecule has 4 aromatic carbocycles. The second kappa shape index (κ2) is 10.1. The van der Waals surface area contributed by atoms with Gasteiger partial charge in [-0.1, -0.05) is 48.5 Å². The van der Waals surface area contributed by atoms with Crippen molar-refractivity contribution in [3.63, 3.8) is 0 Å². The fraction of sp³-hybridized carbons (Fsp3) is 0.426. The zero-order chi connectivity index (χ0) is 33.8. The largest absolute Gasteiger partial charge is 0.455 e. The van der Waals surface area contributed by atoms with E-state index in [0.29, 0.717) is 0 Å². The maximum absolute atomic E-state index is 6.66. The highest BCUT2D eigenvalue weighted by Gasteiger charge is 2.56. The molecule has 7 aromatic rings. The molecule has 5 nitrogen and oxygen atoms in total. The van der Waals surface area contributed by atoms with E-state index in [9.17, 15) is 0 Å². The van der Waals surface area contributed by atoms with Crippen LogP contribution in [0.4, 0.5) is 0 Å². The summed E-state index contributed by atoms with van der Waals surface area (Å²) in [5.41, 5.74) is 6.67. The molecule has 3 heterocycles. The van der Waals surface area contributed by atoms with Crippen LogP contribution in [0.2, 0.25) is 0 Å². The molecule has 52 heavy (non-hydrogen) atoms. The van der Waals surface area contributed by atoms with Crippen molar-refractivity contribution in [3.8, 4) is 17.1 Å². The lowest BCUT2D eigenvalue weighted by molar-refractivity contribution is -0.0155. The highest BCUT2D eigenvalue weighted by molar-refractivity contribution is 6.23. The van der Waals surface area contributed by atoms with Crippen molar-refractivity contribution in [2.75, 3.05) is 0 Å². The van der Waals surface area contributed by atoms with Crippen molar-refractivity contribution in [1.29, 1.82) is 0 Å². The lowest BCUT2D eigenvalue weighted by Crippen LogP contribution is -2.51. The number of nitrogens with zero attached hydrogens (tertiary/aromatic N) is 4. The molecule has 258 valence electrons. The molecular formula is C47H44N4O. The topological polar surface area (TPSA) is 56.7 Å². The Labute approximate surface area is 303 Å². The summed E-state index contributed by atoms with van der Waals surface area (Å²) in [6.45, 7) is 0. The third-order valence-corrected chi connectivity index (χ3v) is 15.2. The first-order chi connectivity index (χ1) is 25.6. The van der Waals surface area contributed by atoms with Crippen LogP contribution in [0, 0.1) is 35.5 Å². The van der Waals surface area contributed by atoms with Gasteiger partial charge in [-0.25, -0.2) is 15.0 Å². The van der Waals surface area contributed by atoms with Gasteiger partial charge in [-0.15, -0.1) is 0 Å². The van der Waals surface area contributed by atoms with Crippen LogP contribution < -0.4 is 0 Å². The maximum Gasteiger partial charge on any atom is 0.165 e. The summed E-state index contributed by atoms with van der Waals surface area (Å²) >= 11 is 0. The van der Waals surface area contributed by atoms with Crippen LogP contribution in [0.15, 0.2) is 89.3 Å².